The summed E-state index contributed by atoms with van der Waals surface area (Å²) < 4.78 is 11.3. The van der Waals surface area contributed by atoms with Crippen LogP contribution in [0.1, 0.15) is 39.3 Å². The summed E-state index contributed by atoms with van der Waals surface area (Å²) in [6.45, 7) is 5.19. The number of carbonyl (C=O) groups is 1. The van der Waals surface area contributed by atoms with Gasteiger partial charge in [0.05, 0.1) is 26.4 Å². The van der Waals surface area contributed by atoms with Gasteiger partial charge in [-0.05, 0) is 30.7 Å². The van der Waals surface area contributed by atoms with Crippen LogP contribution in [0.2, 0.25) is 0 Å². The molecular weight excluding hydrogens is 408 g/mol. The van der Waals surface area contributed by atoms with Crippen molar-refractivity contribution in [1.29, 1.82) is 0 Å². The van der Waals surface area contributed by atoms with E-state index in [1.165, 1.54) is 4.88 Å². The van der Waals surface area contributed by atoms with Gasteiger partial charge in [0.25, 0.3) is 5.91 Å². The van der Waals surface area contributed by atoms with Gasteiger partial charge >= 0.3 is 0 Å². The number of nitrogens with zero attached hydrogens (tertiary/aromatic N) is 1. The first kappa shape index (κ1) is 21.6. The van der Waals surface area contributed by atoms with E-state index in [0.29, 0.717) is 18.8 Å². The second kappa shape index (κ2) is 10.1. The Morgan fingerprint density at radius 2 is 1.81 bits per heavy atom. The maximum absolute atomic E-state index is 13.0. The van der Waals surface area contributed by atoms with Crippen molar-refractivity contribution in [2.45, 2.75) is 19.4 Å². The molecule has 1 atom stereocenters. The number of aryl methyl sites for hydroxylation is 1. The van der Waals surface area contributed by atoms with Crippen LogP contribution in [0.15, 0.2) is 60.7 Å². The SMILES string of the molecule is CCc1cc([C@@H](c2ccccc2OC)N2CCOCC2)c(NC(=O)c2ccccc2)s1. The van der Waals surface area contributed by atoms with Gasteiger partial charge in [-0.15, -0.1) is 11.3 Å². The Bertz CT molecular complexity index is 1010. The Morgan fingerprint density at radius 1 is 1.10 bits per heavy atom. The molecule has 4 rings (SSSR count). The summed E-state index contributed by atoms with van der Waals surface area (Å²) in [6, 6.07) is 19.7. The van der Waals surface area contributed by atoms with Crippen molar-refractivity contribution >= 4 is 22.2 Å². The number of thiophene rings is 1. The zero-order valence-corrected chi connectivity index (χ0v) is 18.8. The number of rotatable bonds is 7. The number of amides is 1. The third kappa shape index (κ3) is 4.82. The number of benzene rings is 2. The highest BCUT2D eigenvalue weighted by Crippen LogP contribution is 2.42. The number of hydrogen-bond acceptors (Lipinski definition) is 5. The minimum atomic E-state index is -0.0906. The average Bonchev–Trinajstić information content (AvgIpc) is 3.23. The van der Waals surface area contributed by atoms with E-state index in [0.717, 1.165) is 41.4 Å². The van der Waals surface area contributed by atoms with Gasteiger partial charge in [-0.2, -0.15) is 0 Å². The highest BCUT2D eigenvalue weighted by molar-refractivity contribution is 7.16. The normalized spacial score (nSPS) is 15.4. The zero-order chi connectivity index (χ0) is 21.6. The maximum Gasteiger partial charge on any atom is 0.256 e. The van der Waals surface area contributed by atoms with Gasteiger partial charge < -0.3 is 14.8 Å². The molecule has 0 radical (unpaired) electrons. The van der Waals surface area contributed by atoms with Crippen molar-refractivity contribution in [3.8, 4) is 5.75 Å². The van der Waals surface area contributed by atoms with Crippen molar-refractivity contribution in [2.75, 3.05) is 38.7 Å². The summed E-state index contributed by atoms with van der Waals surface area (Å²) in [5, 5.41) is 4.09. The average molecular weight is 437 g/mol. The molecule has 1 aromatic heterocycles. The molecule has 3 aromatic rings. The fraction of sp³-hybridized carbons (Fsp3) is 0.320. The largest absolute Gasteiger partial charge is 0.496 e. The van der Waals surface area contributed by atoms with Crippen LogP contribution in [-0.4, -0.2) is 44.2 Å². The summed E-state index contributed by atoms with van der Waals surface area (Å²) in [4.78, 5) is 16.6. The quantitative estimate of drug-likeness (QED) is 0.567. The molecule has 6 heteroatoms. The van der Waals surface area contributed by atoms with Crippen LogP contribution in [0, 0.1) is 0 Å². The Labute approximate surface area is 187 Å². The number of para-hydroxylation sites is 1. The molecule has 1 fully saturated rings. The molecule has 0 spiro atoms. The molecule has 2 aromatic carbocycles. The molecule has 0 saturated carbocycles. The number of ether oxygens (including phenoxy) is 2. The fourth-order valence-corrected chi connectivity index (χ4v) is 5.01. The monoisotopic (exact) mass is 436 g/mol. The third-order valence-corrected chi connectivity index (χ3v) is 6.77. The molecule has 1 N–H and O–H groups in total. The van der Waals surface area contributed by atoms with Gasteiger partial charge in [-0.25, -0.2) is 0 Å². The van der Waals surface area contributed by atoms with Gasteiger partial charge in [0, 0.05) is 34.7 Å². The molecule has 2 heterocycles. The highest BCUT2D eigenvalue weighted by Gasteiger charge is 2.30. The first-order chi connectivity index (χ1) is 15.2. The minimum absolute atomic E-state index is 0.0253. The molecule has 0 aliphatic carbocycles. The zero-order valence-electron chi connectivity index (χ0n) is 18.0. The molecule has 0 bridgehead atoms. The summed E-state index contributed by atoms with van der Waals surface area (Å²) in [6.07, 6.45) is 0.917. The highest BCUT2D eigenvalue weighted by atomic mass is 32.1. The number of hydrogen-bond donors (Lipinski definition) is 1. The van der Waals surface area contributed by atoms with E-state index in [1.54, 1.807) is 18.4 Å². The third-order valence-electron chi connectivity index (χ3n) is 5.56. The van der Waals surface area contributed by atoms with E-state index in [1.807, 2.05) is 48.5 Å². The number of morpholine rings is 1. The van der Waals surface area contributed by atoms with E-state index < -0.39 is 0 Å². The molecular formula is C25H28N2O3S. The minimum Gasteiger partial charge on any atom is -0.496 e. The number of methoxy groups -OCH3 is 1. The Morgan fingerprint density at radius 3 is 2.52 bits per heavy atom. The Hall–Kier alpha value is -2.67. The van der Waals surface area contributed by atoms with Crippen LogP contribution in [0.3, 0.4) is 0 Å². The van der Waals surface area contributed by atoms with Gasteiger partial charge in [-0.1, -0.05) is 43.3 Å². The van der Waals surface area contributed by atoms with Crippen LogP contribution in [0.4, 0.5) is 5.00 Å². The van der Waals surface area contributed by atoms with Crippen LogP contribution in [0.25, 0.3) is 0 Å². The predicted octanol–water partition coefficient (Wildman–Crippen LogP) is 4.99. The van der Waals surface area contributed by atoms with E-state index in [2.05, 4.69) is 29.3 Å². The lowest BCUT2D eigenvalue weighted by Crippen LogP contribution is -2.39. The van der Waals surface area contributed by atoms with Crippen LogP contribution in [-0.2, 0) is 11.2 Å². The first-order valence-corrected chi connectivity index (χ1v) is 11.5. The van der Waals surface area contributed by atoms with E-state index in [4.69, 9.17) is 9.47 Å². The smallest absolute Gasteiger partial charge is 0.256 e. The summed E-state index contributed by atoms with van der Waals surface area (Å²) in [5.74, 6) is 0.760. The molecule has 162 valence electrons. The van der Waals surface area contributed by atoms with Gasteiger partial charge in [0.1, 0.15) is 10.8 Å². The molecule has 31 heavy (non-hydrogen) atoms. The first-order valence-electron chi connectivity index (χ1n) is 10.6. The molecule has 1 saturated heterocycles. The summed E-state index contributed by atoms with van der Waals surface area (Å²) in [5.41, 5.74) is 2.86. The van der Waals surface area contributed by atoms with Crippen molar-refractivity contribution in [2.24, 2.45) is 0 Å². The van der Waals surface area contributed by atoms with Crippen molar-refractivity contribution < 1.29 is 14.3 Å². The lowest BCUT2D eigenvalue weighted by atomic mass is 9.96. The van der Waals surface area contributed by atoms with Crippen LogP contribution in [0.5, 0.6) is 5.75 Å². The predicted molar refractivity (Wildman–Crippen MR) is 125 cm³/mol. The molecule has 1 aliphatic rings. The van der Waals surface area contributed by atoms with Crippen molar-refractivity contribution in [3.63, 3.8) is 0 Å². The molecule has 1 aliphatic heterocycles. The molecule has 1 amide bonds. The molecule has 0 unspecified atom stereocenters. The van der Waals surface area contributed by atoms with Crippen LogP contribution >= 0.6 is 11.3 Å². The number of carbonyl (C=O) groups excluding carboxylic acids is 1. The summed E-state index contributed by atoms with van der Waals surface area (Å²) in [7, 11) is 1.71. The van der Waals surface area contributed by atoms with Gasteiger partial charge in [-0.3, -0.25) is 9.69 Å². The van der Waals surface area contributed by atoms with Crippen molar-refractivity contribution in [3.05, 3.63) is 82.2 Å². The fourth-order valence-electron chi connectivity index (χ4n) is 3.99. The van der Waals surface area contributed by atoms with E-state index >= 15 is 0 Å². The maximum atomic E-state index is 13.0. The lowest BCUT2D eigenvalue weighted by molar-refractivity contribution is 0.0237. The van der Waals surface area contributed by atoms with Crippen LogP contribution < -0.4 is 10.1 Å². The topological polar surface area (TPSA) is 50.8 Å². The molecule has 5 nitrogen and oxygen atoms in total. The van der Waals surface area contributed by atoms with Gasteiger partial charge in [0.15, 0.2) is 0 Å². The van der Waals surface area contributed by atoms with Crippen molar-refractivity contribution in [1.82, 2.24) is 4.90 Å². The second-order valence-corrected chi connectivity index (χ2v) is 8.60. The number of anilines is 1. The summed E-state index contributed by atoms with van der Waals surface area (Å²) >= 11 is 1.65. The van der Waals surface area contributed by atoms with Gasteiger partial charge in [0.2, 0.25) is 0 Å². The lowest BCUT2D eigenvalue weighted by Gasteiger charge is -2.35. The van der Waals surface area contributed by atoms with E-state index in [9.17, 15) is 4.79 Å². The number of nitrogens with one attached hydrogen (secondary N) is 1. The second-order valence-electron chi connectivity index (χ2n) is 7.46. The Balaban J connectivity index is 1.77. The Kier molecular flexibility index (Phi) is 7.02. The standard InChI is InChI=1S/C25H28N2O3S/c1-3-19-17-21(25(31-19)26-24(28)18-9-5-4-6-10-18)23(27-13-15-30-16-14-27)20-11-7-8-12-22(20)29-2/h4-12,17,23H,3,13-16H2,1-2H3,(H,26,28)/t23-/m1/s1. The van der Waals surface area contributed by atoms with E-state index in [-0.39, 0.29) is 11.9 Å².